The minimum atomic E-state index is 0.210. The maximum atomic E-state index is 12.0. The molecule has 0 bridgehead atoms. The third-order valence-electron chi connectivity index (χ3n) is 4.99. The number of carbonyl (C=O) groups excluding carboxylic acids is 1. The van der Waals surface area contributed by atoms with Gasteiger partial charge in [-0.05, 0) is 56.3 Å². The molecule has 0 aromatic heterocycles. The van der Waals surface area contributed by atoms with Gasteiger partial charge in [-0.1, -0.05) is 0 Å². The molecule has 3 fully saturated rings. The summed E-state index contributed by atoms with van der Waals surface area (Å²) in [6.07, 6.45) is 7.62. The lowest BCUT2D eigenvalue weighted by atomic mass is 9.98. The summed E-state index contributed by atoms with van der Waals surface area (Å²) >= 11 is 0. The number of hydrogen-bond acceptors (Lipinski definition) is 3. The second-order valence-electron chi connectivity index (χ2n) is 6.76. The van der Waals surface area contributed by atoms with Crippen LogP contribution in [0.25, 0.3) is 0 Å². The number of nitrogens with one attached hydrogen (secondary N) is 1. The number of carbonyl (C=O) groups is 1. The van der Waals surface area contributed by atoms with Crippen molar-refractivity contribution in [1.29, 1.82) is 0 Å². The van der Waals surface area contributed by atoms with Gasteiger partial charge >= 0.3 is 0 Å². The predicted octanol–water partition coefficient (Wildman–Crippen LogP) is 0.962. The van der Waals surface area contributed by atoms with E-state index in [-0.39, 0.29) is 5.91 Å². The largest absolute Gasteiger partial charge is 0.355 e. The molecule has 3 N–H and O–H groups in total. The van der Waals surface area contributed by atoms with E-state index in [1.165, 1.54) is 25.7 Å². The fraction of sp³-hybridized carbons (Fsp3) is 0.933. The number of nitrogens with two attached hydrogens (primary N) is 1. The van der Waals surface area contributed by atoms with Gasteiger partial charge in [0.25, 0.3) is 0 Å². The van der Waals surface area contributed by atoms with Crippen molar-refractivity contribution in [1.82, 2.24) is 10.2 Å². The molecule has 0 spiro atoms. The Hall–Kier alpha value is -0.610. The summed E-state index contributed by atoms with van der Waals surface area (Å²) in [6, 6.07) is 0.341. The molecule has 1 heterocycles. The van der Waals surface area contributed by atoms with Crippen molar-refractivity contribution in [2.75, 3.05) is 26.2 Å². The van der Waals surface area contributed by atoms with Gasteiger partial charge in [-0.25, -0.2) is 0 Å². The number of nitrogens with zero attached hydrogens (tertiary/aromatic N) is 1. The predicted molar refractivity (Wildman–Crippen MR) is 75.6 cm³/mol. The van der Waals surface area contributed by atoms with Crippen LogP contribution in [0.15, 0.2) is 0 Å². The van der Waals surface area contributed by atoms with Crippen molar-refractivity contribution in [3.8, 4) is 0 Å². The van der Waals surface area contributed by atoms with Gasteiger partial charge in [0, 0.05) is 25.7 Å². The molecule has 2 saturated carbocycles. The van der Waals surface area contributed by atoms with Crippen LogP contribution in [0.1, 0.15) is 38.5 Å². The van der Waals surface area contributed by atoms with Crippen LogP contribution in [0.5, 0.6) is 0 Å². The van der Waals surface area contributed by atoms with E-state index in [9.17, 15) is 4.79 Å². The molecule has 2 aliphatic carbocycles. The molecule has 3 rings (SSSR count). The Morgan fingerprint density at radius 3 is 2.21 bits per heavy atom. The Morgan fingerprint density at radius 1 is 1.11 bits per heavy atom. The lowest BCUT2D eigenvalue weighted by molar-refractivity contribution is -0.122. The van der Waals surface area contributed by atoms with E-state index >= 15 is 0 Å². The van der Waals surface area contributed by atoms with Crippen molar-refractivity contribution in [3.05, 3.63) is 0 Å². The quantitative estimate of drug-likeness (QED) is 0.752. The van der Waals surface area contributed by atoms with Gasteiger partial charge in [0.05, 0.1) is 6.54 Å². The van der Waals surface area contributed by atoms with Crippen LogP contribution >= 0.6 is 0 Å². The monoisotopic (exact) mass is 265 g/mol. The minimum absolute atomic E-state index is 0.210. The lowest BCUT2D eigenvalue weighted by Gasteiger charge is -2.29. The summed E-state index contributed by atoms with van der Waals surface area (Å²) in [5.41, 5.74) is 5.88. The Morgan fingerprint density at radius 2 is 1.68 bits per heavy atom. The van der Waals surface area contributed by atoms with Crippen LogP contribution in [0.3, 0.4) is 0 Å². The fourth-order valence-electron chi connectivity index (χ4n) is 3.37. The Labute approximate surface area is 116 Å². The molecule has 0 unspecified atom stereocenters. The van der Waals surface area contributed by atoms with Crippen molar-refractivity contribution in [3.63, 3.8) is 0 Å². The minimum Gasteiger partial charge on any atom is -0.355 e. The molecule has 1 aliphatic heterocycles. The number of rotatable bonds is 6. The Balaban J connectivity index is 1.36. The first-order chi connectivity index (χ1) is 9.22. The first-order valence-corrected chi connectivity index (χ1v) is 7.97. The van der Waals surface area contributed by atoms with Crippen LogP contribution in [0, 0.1) is 17.8 Å². The van der Waals surface area contributed by atoms with Gasteiger partial charge in [0.2, 0.25) is 5.91 Å². The van der Waals surface area contributed by atoms with Gasteiger partial charge in [-0.15, -0.1) is 0 Å². The highest BCUT2D eigenvalue weighted by molar-refractivity contribution is 5.78. The molecule has 4 heteroatoms. The molecule has 1 saturated heterocycles. The van der Waals surface area contributed by atoms with Crippen LogP contribution in [-0.4, -0.2) is 43.0 Å². The maximum absolute atomic E-state index is 12.0. The SMILES string of the molecule is NC1CCN(CC(=O)NCC(C2CC2)C2CC2)CC1. The number of piperidine rings is 1. The molecule has 0 radical (unpaired) electrons. The summed E-state index contributed by atoms with van der Waals surface area (Å²) < 4.78 is 0. The average molecular weight is 265 g/mol. The maximum Gasteiger partial charge on any atom is 0.234 e. The molecule has 0 atom stereocenters. The van der Waals surface area contributed by atoms with E-state index in [1.807, 2.05) is 0 Å². The van der Waals surface area contributed by atoms with E-state index in [0.29, 0.717) is 12.6 Å². The van der Waals surface area contributed by atoms with Crippen molar-refractivity contribution < 1.29 is 4.79 Å². The van der Waals surface area contributed by atoms with E-state index in [2.05, 4.69) is 10.2 Å². The highest BCUT2D eigenvalue weighted by atomic mass is 16.2. The van der Waals surface area contributed by atoms with Gasteiger partial charge < -0.3 is 11.1 Å². The topological polar surface area (TPSA) is 58.4 Å². The van der Waals surface area contributed by atoms with Crippen LogP contribution in [0.4, 0.5) is 0 Å². The third-order valence-corrected chi connectivity index (χ3v) is 4.99. The average Bonchev–Trinajstić information content (AvgIpc) is 3.26. The van der Waals surface area contributed by atoms with E-state index in [0.717, 1.165) is 50.2 Å². The van der Waals surface area contributed by atoms with Gasteiger partial charge in [0.1, 0.15) is 0 Å². The summed E-state index contributed by atoms with van der Waals surface area (Å²) in [5.74, 6) is 2.82. The Kier molecular flexibility index (Phi) is 4.08. The number of hydrogen-bond donors (Lipinski definition) is 2. The molecule has 19 heavy (non-hydrogen) atoms. The molecule has 0 aromatic carbocycles. The standard InChI is InChI=1S/C15H27N3O/c16-13-5-7-18(8-6-13)10-15(19)17-9-14(11-1-2-11)12-3-4-12/h11-14H,1-10,16H2,(H,17,19). The van der Waals surface area contributed by atoms with Gasteiger partial charge in [-0.3, -0.25) is 9.69 Å². The highest BCUT2D eigenvalue weighted by Gasteiger charge is 2.41. The third kappa shape index (κ3) is 3.93. The lowest BCUT2D eigenvalue weighted by Crippen LogP contribution is -2.45. The first-order valence-electron chi connectivity index (χ1n) is 7.97. The van der Waals surface area contributed by atoms with E-state index < -0.39 is 0 Å². The molecule has 1 amide bonds. The molecule has 3 aliphatic rings. The second-order valence-corrected chi connectivity index (χ2v) is 6.76. The summed E-state index contributed by atoms with van der Waals surface area (Å²) in [6.45, 7) is 3.43. The van der Waals surface area contributed by atoms with Crippen LogP contribution in [0.2, 0.25) is 0 Å². The van der Waals surface area contributed by atoms with Crippen LogP contribution in [-0.2, 0) is 4.79 Å². The zero-order valence-electron chi connectivity index (χ0n) is 11.8. The molecule has 4 nitrogen and oxygen atoms in total. The second kappa shape index (κ2) is 5.80. The zero-order valence-corrected chi connectivity index (χ0v) is 11.8. The Bertz CT molecular complexity index is 305. The van der Waals surface area contributed by atoms with Crippen molar-refractivity contribution in [2.24, 2.45) is 23.5 Å². The fourth-order valence-corrected chi connectivity index (χ4v) is 3.37. The molecular weight excluding hydrogens is 238 g/mol. The van der Waals surface area contributed by atoms with Crippen molar-refractivity contribution in [2.45, 2.75) is 44.6 Å². The highest BCUT2D eigenvalue weighted by Crippen LogP contribution is 2.48. The smallest absolute Gasteiger partial charge is 0.234 e. The van der Waals surface area contributed by atoms with Crippen molar-refractivity contribution >= 4 is 5.91 Å². The molecule has 108 valence electrons. The summed E-state index contributed by atoms with van der Waals surface area (Å²) in [5, 5.41) is 3.17. The van der Waals surface area contributed by atoms with E-state index in [1.54, 1.807) is 0 Å². The number of amides is 1. The normalized spacial score (nSPS) is 25.8. The number of likely N-dealkylation sites (tertiary alicyclic amines) is 1. The summed E-state index contributed by atoms with van der Waals surface area (Å²) in [4.78, 5) is 14.2. The zero-order chi connectivity index (χ0) is 13.2. The molecule has 0 aromatic rings. The van der Waals surface area contributed by atoms with Gasteiger partial charge in [-0.2, -0.15) is 0 Å². The van der Waals surface area contributed by atoms with Crippen LogP contribution < -0.4 is 11.1 Å². The summed E-state index contributed by atoms with van der Waals surface area (Å²) in [7, 11) is 0. The first kappa shape index (κ1) is 13.4. The van der Waals surface area contributed by atoms with Gasteiger partial charge in [0.15, 0.2) is 0 Å². The van der Waals surface area contributed by atoms with E-state index in [4.69, 9.17) is 5.73 Å². The molecular formula is C15H27N3O.